The van der Waals surface area contributed by atoms with Crippen LogP contribution in [0.4, 0.5) is 0 Å². The first kappa shape index (κ1) is 16.5. The van der Waals surface area contributed by atoms with Gasteiger partial charge in [-0.3, -0.25) is 9.59 Å². The monoisotopic (exact) mass is 303 g/mol. The number of piperidine rings is 1. The van der Waals surface area contributed by atoms with Crippen LogP contribution in [0.15, 0.2) is 30.3 Å². The van der Waals surface area contributed by atoms with Crippen LogP contribution < -0.4 is 0 Å². The average Bonchev–Trinajstić information content (AvgIpc) is 2.55. The van der Waals surface area contributed by atoms with Gasteiger partial charge in [0, 0.05) is 25.1 Å². The molecule has 0 saturated carbocycles. The second-order valence-corrected chi connectivity index (χ2v) is 5.84. The molecule has 1 saturated heterocycles. The lowest BCUT2D eigenvalue weighted by Crippen LogP contribution is -2.44. The van der Waals surface area contributed by atoms with Gasteiger partial charge in [-0.1, -0.05) is 31.5 Å². The van der Waals surface area contributed by atoms with Crippen LogP contribution in [0.1, 0.15) is 43.5 Å². The van der Waals surface area contributed by atoms with Crippen molar-refractivity contribution in [3.63, 3.8) is 0 Å². The molecule has 0 N–H and O–H groups in total. The minimum absolute atomic E-state index is 0.0913. The first-order valence-electron chi connectivity index (χ1n) is 8.15. The van der Waals surface area contributed by atoms with Gasteiger partial charge in [0.1, 0.15) is 0 Å². The molecule has 0 aromatic heterocycles. The highest BCUT2D eigenvalue weighted by atomic mass is 16.5. The highest BCUT2D eigenvalue weighted by molar-refractivity contribution is 5.94. The molecule has 4 heteroatoms. The van der Waals surface area contributed by atoms with Crippen LogP contribution >= 0.6 is 0 Å². The summed E-state index contributed by atoms with van der Waals surface area (Å²) < 4.78 is 5.06. The van der Waals surface area contributed by atoms with Gasteiger partial charge in [-0.15, -0.1) is 0 Å². The quantitative estimate of drug-likeness (QED) is 0.785. The Bertz CT molecular complexity index is 500. The average molecular weight is 303 g/mol. The molecule has 120 valence electrons. The number of benzene rings is 1. The van der Waals surface area contributed by atoms with E-state index in [-0.39, 0.29) is 11.9 Å². The second-order valence-electron chi connectivity index (χ2n) is 5.84. The summed E-state index contributed by atoms with van der Waals surface area (Å²) in [5, 5.41) is 0. The maximum Gasteiger partial charge on any atom is 0.306 e. The van der Waals surface area contributed by atoms with E-state index in [1.165, 1.54) is 0 Å². The summed E-state index contributed by atoms with van der Waals surface area (Å²) >= 11 is 0. The third-order valence-electron chi connectivity index (χ3n) is 4.46. The lowest BCUT2D eigenvalue weighted by Gasteiger charge is -2.38. The van der Waals surface area contributed by atoms with Gasteiger partial charge in [-0.2, -0.15) is 0 Å². The second kappa shape index (κ2) is 7.97. The molecule has 0 aliphatic carbocycles. The summed E-state index contributed by atoms with van der Waals surface area (Å²) in [4.78, 5) is 26.2. The van der Waals surface area contributed by atoms with Crippen LogP contribution in [-0.2, 0) is 9.53 Å². The predicted octanol–water partition coefficient (Wildman–Crippen LogP) is 3.13. The van der Waals surface area contributed by atoms with Crippen molar-refractivity contribution in [1.29, 1.82) is 0 Å². The van der Waals surface area contributed by atoms with E-state index in [1.807, 2.05) is 42.2 Å². The van der Waals surface area contributed by atoms with Gasteiger partial charge < -0.3 is 9.64 Å². The first-order valence-corrected chi connectivity index (χ1v) is 8.15. The van der Waals surface area contributed by atoms with E-state index in [0.29, 0.717) is 31.4 Å². The van der Waals surface area contributed by atoms with Crippen molar-refractivity contribution in [2.45, 2.75) is 33.1 Å². The summed E-state index contributed by atoms with van der Waals surface area (Å²) in [5.41, 5.74) is 0.737. The number of rotatable bonds is 5. The molecule has 22 heavy (non-hydrogen) atoms. The Morgan fingerprint density at radius 3 is 2.55 bits per heavy atom. The fourth-order valence-electron chi connectivity index (χ4n) is 3.19. The van der Waals surface area contributed by atoms with E-state index in [9.17, 15) is 9.59 Å². The highest BCUT2D eigenvalue weighted by Gasteiger charge is 2.32. The summed E-state index contributed by atoms with van der Waals surface area (Å²) in [6.07, 6.45) is 2.32. The third-order valence-corrected chi connectivity index (χ3v) is 4.46. The van der Waals surface area contributed by atoms with Gasteiger partial charge in [0.25, 0.3) is 5.91 Å². The number of carbonyl (C=O) groups is 2. The standard InChI is InChI=1S/C18H25NO3/c1-3-14-13-19(18(21)15-8-6-5-7-9-15)11-10-16(14)12-17(20)22-4-2/h5-9,14,16H,3-4,10-13H2,1-2H3/t14-,16+/m1/s1. The Balaban J connectivity index is 1.97. The smallest absolute Gasteiger partial charge is 0.306 e. The van der Waals surface area contributed by atoms with E-state index in [4.69, 9.17) is 4.74 Å². The number of hydrogen-bond donors (Lipinski definition) is 0. The molecule has 0 radical (unpaired) electrons. The Labute approximate surface area is 132 Å². The molecule has 4 nitrogen and oxygen atoms in total. The van der Waals surface area contributed by atoms with E-state index in [0.717, 1.165) is 24.9 Å². The fraction of sp³-hybridized carbons (Fsp3) is 0.556. The zero-order valence-electron chi connectivity index (χ0n) is 13.5. The topological polar surface area (TPSA) is 46.6 Å². The maximum absolute atomic E-state index is 12.5. The summed E-state index contributed by atoms with van der Waals surface area (Å²) in [7, 11) is 0. The predicted molar refractivity (Wildman–Crippen MR) is 85.5 cm³/mol. The first-order chi connectivity index (χ1) is 10.7. The van der Waals surface area contributed by atoms with Gasteiger partial charge in [-0.05, 0) is 37.3 Å². The zero-order chi connectivity index (χ0) is 15.9. The molecule has 0 bridgehead atoms. The van der Waals surface area contributed by atoms with Crippen molar-refractivity contribution in [3.8, 4) is 0 Å². The summed E-state index contributed by atoms with van der Waals surface area (Å²) in [6, 6.07) is 9.40. The van der Waals surface area contributed by atoms with Crippen molar-refractivity contribution in [3.05, 3.63) is 35.9 Å². The lowest BCUT2D eigenvalue weighted by molar-refractivity contribution is -0.145. The van der Waals surface area contributed by atoms with E-state index in [2.05, 4.69) is 6.92 Å². The number of amides is 1. The fourth-order valence-corrected chi connectivity index (χ4v) is 3.19. The molecule has 0 unspecified atom stereocenters. The van der Waals surface area contributed by atoms with Gasteiger partial charge in [-0.25, -0.2) is 0 Å². The van der Waals surface area contributed by atoms with E-state index >= 15 is 0 Å². The molecule has 1 heterocycles. The lowest BCUT2D eigenvalue weighted by atomic mass is 9.81. The molecule has 1 aromatic carbocycles. The Morgan fingerprint density at radius 1 is 1.18 bits per heavy atom. The molecule has 2 atom stereocenters. The Kier molecular flexibility index (Phi) is 5.99. The van der Waals surface area contributed by atoms with Crippen LogP contribution in [0.3, 0.4) is 0 Å². The van der Waals surface area contributed by atoms with Crippen LogP contribution in [-0.4, -0.2) is 36.5 Å². The van der Waals surface area contributed by atoms with Gasteiger partial charge in [0.2, 0.25) is 0 Å². The number of carbonyl (C=O) groups excluding carboxylic acids is 2. The molecule has 1 amide bonds. The minimum atomic E-state index is -0.117. The third kappa shape index (κ3) is 4.09. The number of nitrogens with zero attached hydrogens (tertiary/aromatic N) is 1. The Hall–Kier alpha value is -1.84. The molecule has 1 fully saturated rings. The van der Waals surface area contributed by atoms with Crippen molar-refractivity contribution < 1.29 is 14.3 Å². The normalized spacial score (nSPS) is 21.5. The van der Waals surface area contributed by atoms with Crippen LogP contribution in [0.5, 0.6) is 0 Å². The van der Waals surface area contributed by atoms with Crippen LogP contribution in [0, 0.1) is 11.8 Å². The van der Waals surface area contributed by atoms with E-state index < -0.39 is 0 Å². The Morgan fingerprint density at radius 2 is 1.91 bits per heavy atom. The maximum atomic E-state index is 12.5. The van der Waals surface area contributed by atoms with Crippen molar-refractivity contribution in [2.75, 3.05) is 19.7 Å². The van der Waals surface area contributed by atoms with Gasteiger partial charge >= 0.3 is 5.97 Å². The zero-order valence-corrected chi connectivity index (χ0v) is 13.5. The summed E-state index contributed by atoms with van der Waals surface area (Å²) in [6.45, 7) is 5.83. The number of ether oxygens (including phenoxy) is 1. The number of likely N-dealkylation sites (tertiary alicyclic amines) is 1. The van der Waals surface area contributed by atoms with E-state index in [1.54, 1.807) is 0 Å². The molecule has 2 rings (SSSR count). The molecule has 1 aliphatic heterocycles. The van der Waals surface area contributed by atoms with Crippen LogP contribution in [0.25, 0.3) is 0 Å². The highest BCUT2D eigenvalue weighted by Crippen LogP contribution is 2.30. The van der Waals surface area contributed by atoms with Gasteiger partial charge in [0.15, 0.2) is 0 Å². The van der Waals surface area contributed by atoms with Crippen molar-refractivity contribution in [1.82, 2.24) is 4.90 Å². The molecule has 1 aliphatic rings. The number of esters is 1. The molecule has 0 spiro atoms. The van der Waals surface area contributed by atoms with Gasteiger partial charge in [0.05, 0.1) is 6.61 Å². The number of hydrogen-bond acceptors (Lipinski definition) is 3. The SMILES string of the molecule is CCOC(=O)C[C@@H]1CCN(C(=O)c2ccccc2)C[C@H]1CC. The summed E-state index contributed by atoms with van der Waals surface area (Å²) in [5.74, 6) is 0.664. The van der Waals surface area contributed by atoms with Crippen molar-refractivity contribution in [2.24, 2.45) is 11.8 Å². The van der Waals surface area contributed by atoms with Crippen LogP contribution in [0.2, 0.25) is 0 Å². The molecular weight excluding hydrogens is 278 g/mol. The molecule has 1 aromatic rings. The van der Waals surface area contributed by atoms with Crippen molar-refractivity contribution >= 4 is 11.9 Å². The minimum Gasteiger partial charge on any atom is -0.466 e. The largest absolute Gasteiger partial charge is 0.466 e. The molecular formula is C18H25NO3.